The van der Waals surface area contributed by atoms with Crippen LogP contribution in [0.1, 0.15) is 30.8 Å². The van der Waals surface area contributed by atoms with Gasteiger partial charge in [-0.05, 0) is 25.0 Å². The van der Waals surface area contributed by atoms with Crippen molar-refractivity contribution in [1.29, 1.82) is 0 Å². The Hall–Kier alpha value is -0.900. The topological polar surface area (TPSA) is 24.9 Å². The Balaban J connectivity index is 2.11. The number of hydrogen-bond donors (Lipinski definition) is 1. The molecule has 2 nitrogen and oxygen atoms in total. The lowest BCUT2D eigenvalue weighted by molar-refractivity contribution is 0.349. The minimum absolute atomic E-state index is 0.0899. The molecule has 0 saturated heterocycles. The zero-order valence-electron chi connectivity index (χ0n) is 10.6. The Bertz CT molecular complexity index is 498. The maximum Gasteiger partial charge on any atom is 0.112 e. The van der Waals surface area contributed by atoms with Gasteiger partial charge in [0, 0.05) is 23.1 Å². The first kappa shape index (κ1) is 13.5. The Kier molecular flexibility index (Phi) is 4.38. The predicted molar refractivity (Wildman–Crippen MR) is 78.0 cm³/mol. The first-order valence-electron chi connectivity index (χ1n) is 6.04. The van der Waals surface area contributed by atoms with Gasteiger partial charge in [0.2, 0.25) is 0 Å². The number of nitrogens with zero attached hydrogens (tertiary/aromatic N) is 1. The summed E-state index contributed by atoms with van der Waals surface area (Å²) in [7, 11) is 0. The van der Waals surface area contributed by atoms with Crippen molar-refractivity contribution in [3.63, 3.8) is 0 Å². The molecule has 0 aliphatic heterocycles. The Morgan fingerprint density at radius 2 is 2.17 bits per heavy atom. The third-order valence-electron chi connectivity index (χ3n) is 3.24. The molecular formula is C14H17ClN2S. The lowest BCUT2D eigenvalue weighted by Crippen LogP contribution is -2.38. The maximum atomic E-state index is 6.17. The van der Waals surface area contributed by atoms with Crippen LogP contribution in [-0.4, -0.2) is 4.98 Å². The van der Waals surface area contributed by atoms with Gasteiger partial charge in [-0.3, -0.25) is 0 Å². The van der Waals surface area contributed by atoms with Gasteiger partial charge in [0.05, 0.1) is 5.54 Å². The summed E-state index contributed by atoms with van der Waals surface area (Å²) in [6, 6.07) is 7.93. The highest BCUT2D eigenvalue weighted by molar-refractivity contribution is 7.09. The van der Waals surface area contributed by atoms with E-state index < -0.39 is 0 Å². The summed E-state index contributed by atoms with van der Waals surface area (Å²) in [6.07, 6.45) is 2.84. The van der Waals surface area contributed by atoms with Crippen LogP contribution in [0.2, 0.25) is 5.02 Å². The van der Waals surface area contributed by atoms with Crippen LogP contribution >= 0.6 is 22.9 Å². The van der Waals surface area contributed by atoms with Crippen molar-refractivity contribution in [3.05, 3.63) is 51.4 Å². The number of nitrogens with one attached hydrogen (secondary N) is 1. The van der Waals surface area contributed by atoms with Crippen molar-refractivity contribution in [2.24, 2.45) is 0 Å². The normalized spacial score (nSPS) is 14.4. The van der Waals surface area contributed by atoms with Gasteiger partial charge in [0.15, 0.2) is 0 Å². The first-order valence-corrected chi connectivity index (χ1v) is 7.30. The first-order chi connectivity index (χ1) is 8.65. The summed E-state index contributed by atoms with van der Waals surface area (Å²) >= 11 is 7.86. The highest BCUT2D eigenvalue weighted by Crippen LogP contribution is 2.27. The van der Waals surface area contributed by atoms with Gasteiger partial charge in [0.1, 0.15) is 5.01 Å². The Morgan fingerprint density at radius 1 is 1.39 bits per heavy atom. The monoisotopic (exact) mass is 280 g/mol. The lowest BCUT2D eigenvalue weighted by Gasteiger charge is -2.27. The summed E-state index contributed by atoms with van der Waals surface area (Å²) in [5.41, 5.74) is 1.03. The van der Waals surface area contributed by atoms with Gasteiger partial charge in [-0.25, -0.2) is 4.98 Å². The van der Waals surface area contributed by atoms with Crippen molar-refractivity contribution < 1.29 is 0 Å². The molecule has 0 aliphatic carbocycles. The minimum Gasteiger partial charge on any atom is -0.301 e. The van der Waals surface area contributed by atoms with Crippen LogP contribution < -0.4 is 5.32 Å². The van der Waals surface area contributed by atoms with Gasteiger partial charge >= 0.3 is 0 Å². The van der Waals surface area contributed by atoms with E-state index in [9.17, 15) is 0 Å². The molecule has 1 heterocycles. The zero-order chi connectivity index (χ0) is 13.0. The van der Waals surface area contributed by atoms with Crippen LogP contribution in [-0.2, 0) is 12.1 Å². The van der Waals surface area contributed by atoms with Crippen molar-refractivity contribution in [1.82, 2.24) is 10.3 Å². The Labute approximate surface area is 117 Å². The summed E-state index contributed by atoms with van der Waals surface area (Å²) in [4.78, 5) is 4.42. The third-order valence-corrected chi connectivity index (χ3v) is 4.64. The standard InChI is InChI=1S/C14H17ClN2S/c1-3-14(2,13-16-8-9-18-13)17-10-11-6-4-5-7-12(11)15/h4-9,17H,3,10H2,1-2H3/t14-/m0/s1. The lowest BCUT2D eigenvalue weighted by atomic mass is 9.99. The van der Waals surface area contributed by atoms with E-state index in [0.29, 0.717) is 0 Å². The van der Waals surface area contributed by atoms with Crippen molar-refractivity contribution in [3.8, 4) is 0 Å². The number of benzene rings is 1. The van der Waals surface area contributed by atoms with E-state index in [1.807, 2.05) is 35.8 Å². The van der Waals surface area contributed by atoms with Crippen LogP contribution in [0.3, 0.4) is 0 Å². The highest BCUT2D eigenvalue weighted by atomic mass is 35.5. The van der Waals surface area contributed by atoms with Crippen molar-refractivity contribution in [2.75, 3.05) is 0 Å². The fourth-order valence-electron chi connectivity index (χ4n) is 1.78. The van der Waals surface area contributed by atoms with E-state index in [0.717, 1.165) is 28.6 Å². The SMILES string of the molecule is CC[C@](C)(NCc1ccccc1Cl)c1nccs1. The molecule has 2 aromatic rings. The molecule has 0 spiro atoms. The second-order valence-corrected chi connectivity index (χ2v) is 5.77. The maximum absolute atomic E-state index is 6.17. The van der Waals surface area contributed by atoms with E-state index in [4.69, 9.17) is 11.6 Å². The zero-order valence-corrected chi connectivity index (χ0v) is 12.2. The third kappa shape index (κ3) is 2.91. The van der Waals surface area contributed by atoms with Crippen LogP contribution in [0, 0.1) is 0 Å². The van der Waals surface area contributed by atoms with Crippen molar-refractivity contribution >= 4 is 22.9 Å². The molecule has 96 valence electrons. The number of aromatic nitrogens is 1. The minimum atomic E-state index is -0.0899. The average molecular weight is 281 g/mol. The van der Waals surface area contributed by atoms with Gasteiger partial charge in [0.25, 0.3) is 0 Å². The largest absolute Gasteiger partial charge is 0.301 e. The number of rotatable bonds is 5. The smallest absolute Gasteiger partial charge is 0.112 e. The molecule has 18 heavy (non-hydrogen) atoms. The molecule has 0 saturated carbocycles. The van der Waals surface area contributed by atoms with E-state index >= 15 is 0 Å². The number of thiazole rings is 1. The molecule has 1 N–H and O–H groups in total. The molecule has 0 unspecified atom stereocenters. The van der Waals surface area contributed by atoms with E-state index in [2.05, 4.69) is 24.1 Å². The quantitative estimate of drug-likeness (QED) is 0.887. The number of hydrogen-bond acceptors (Lipinski definition) is 3. The predicted octanol–water partition coefficient (Wildman–Crippen LogP) is 4.21. The Morgan fingerprint density at radius 3 is 2.78 bits per heavy atom. The summed E-state index contributed by atoms with van der Waals surface area (Å²) in [5, 5.41) is 7.51. The second kappa shape index (κ2) is 5.83. The summed E-state index contributed by atoms with van der Waals surface area (Å²) in [6.45, 7) is 5.10. The van der Waals surface area contributed by atoms with Gasteiger partial charge in [-0.2, -0.15) is 0 Å². The van der Waals surface area contributed by atoms with Gasteiger partial charge in [-0.1, -0.05) is 36.7 Å². The number of halogens is 1. The van der Waals surface area contributed by atoms with E-state index in [1.54, 1.807) is 11.3 Å². The van der Waals surface area contributed by atoms with Crippen LogP contribution in [0.5, 0.6) is 0 Å². The molecule has 0 fully saturated rings. The molecule has 2 rings (SSSR count). The molecule has 0 bridgehead atoms. The molecule has 1 aromatic carbocycles. The van der Waals surface area contributed by atoms with E-state index in [-0.39, 0.29) is 5.54 Å². The van der Waals surface area contributed by atoms with Gasteiger partial charge < -0.3 is 5.32 Å². The molecule has 0 radical (unpaired) electrons. The molecule has 0 aliphatic rings. The fourth-order valence-corrected chi connectivity index (χ4v) is 2.83. The van der Waals surface area contributed by atoms with E-state index in [1.165, 1.54) is 0 Å². The van der Waals surface area contributed by atoms with Gasteiger partial charge in [-0.15, -0.1) is 11.3 Å². The summed E-state index contributed by atoms with van der Waals surface area (Å²) < 4.78 is 0. The van der Waals surface area contributed by atoms with Crippen LogP contribution in [0.15, 0.2) is 35.8 Å². The van der Waals surface area contributed by atoms with Crippen LogP contribution in [0.25, 0.3) is 0 Å². The molecular weight excluding hydrogens is 264 g/mol. The second-order valence-electron chi connectivity index (χ2n) is 4.47. The molecule has 1 atom stereocenters. The highest BCUT2D eigenvalue weighted by Gasteiger charge is 2.26. The fraction of sp³-hybridized carbons (Fsp3) is 0.357. The molecule has 1 aromatic heterocycles. The molecule has 0 amide bonds. The molecule has 4 heteroatoms. The average Bonchev–Trinajstić information content (AvgIpc) is 2.92. The van der Waals surface area contributed by atoms with Crippen molar-refractivity contribution in [2.45, 2.75) is 32.4 Å². The van der Waals surface area contributed by atoms with Crippen LogP contribution in [0.4, 0.5) is 0 Å². The summed E-state index contributed by atoms with van der Waals surface area (Å²) in [5.74, 6) is 0.